The summed E-state index contributed by atoms with van der Waals surface area (Å²) >= 11 is 0. The van der Waals surface area contributed by atoms with E-state index in [1.54, 1.807) is 0 Å². The fourth-order valence-electron chi connectivity index (χ4n) is 6.89. The van der Waals surface area contributed by atoms with Gasteiger partial charge in [0.05, 0.1) is 32.7 Å². The first-order chi connectivity index (χ1) is 26.5. The quantitative estimate of drug-likeness (QED) is 0.157. The molecule has 4 aromatic carbocycles. The maximum absolute atomic E-state index is 2.36. The van der Waals surface area contributed by atoms with Crippen LogP contribution in [-0.2, 0) is 21.1 Å². The molecular weight excluding hydrogens is 669 g/mol. The molecule has 1 unspecified atom stereocenters. The third-order valence-electron chi connectivity index (χ3n) is 8.82. The molecule has 3 aromatic heterocycles. The number of hydrogen-bond donors (Lipinski definition) is 0. The Labute approximate surface area is 337 Å². The van der Waals surface area contributed by atoms with Crippen molar-refractivity contribution in [2.45, 2.75) is 110 Å². The van der Waals surface area contributed by atoms with E-state index in [9.17, 15) is 0 Å². The van der Waals surface area contributed by atoms with E-state index < -0.39 is 0 Å². The Morgan fingerprint density at radius 1 is 0.509 bits per heavy atom. The molecule has 0 amide bonds. The minimum atomic E-state index is 0. The predicted octanol–water partition coefficient (Wildman–Crippen LogP) is 14.0. The van der Waals surface area contributed by atoms with Crippen molar-refractivity contribution in [1.82, 2.24) is 9.13 Å². The molecule has 298 valence electrons. The topological polar surface area (TPSA) is 17.6 Å². The van der Waals surface area contributed by atoms with Gasteiger partial charge in [-0.3, -0.25) is 0 Å². The number of pyridine rings is 1. The Kier molecular flexibility index (Phi) is 23.6. The first kappa shape index (κ1) is 50.0. The van der Waals surface area contributed by atoms with Crippen LogP contribution in [0.5, 0.6) is 0 Å². The van der Waals surface area contributed by atoms with E-state index in [1.165, 1.54) is 66.8 Å². The minimum Gasteiger partial charge on any atom is -0.236 e. The molecule has 4 heteroatoms. The van der Waals surface area contributed by atoms with Crippen molar-refractivity contribution in [2.24, 2.45) is 21.1 Å². The van der Waals surface area contributed by atoms with Crippen LogP contribution < -0.4 is 9.13 Å². The van der Waals surface area contributed by atoms with Gasteiger partial charge in [-0.1, -0.05) is 163 Å². The Hall–Kier alpha value is -4.96. The average molecular weight is 745 g/mol. The summed E-state index contributed by atoms with van der Waals surface area (Å²) in [5.41, 5.74) is 12.0. The number of benzene rings is 4. The highest BCUT2D eigenvalue weighted by Gasteiger charge is 2.37. The smallest absolute Gasteiger partial charge is 0.236 e. The van der Waals surface area contributed by atoms with Crippen LogP contribution in [0.25, 0.3) is 38.8 Å². The molecule has 0 aliphatic heterocycles. The molecular formula is C51H76N4+2. The molecule has 1 aliphatic carbocycles. The summed E-state index contributed by atoms with van der Waals surface area (Å²) in [5.74, 6) is 1.65. The fraction of sp³-hybridized carbons (Fsp3) is 0.373. The molecule has 0 spiro atoms. The van der Waals surface area contributed by atoms with Crippen molar-refractivity contribution in [3.8, 4) is 16.8 Å². The van der Waals surface area contributed by atoms with Gasteiger partial charge in [-0.05, 0) is 77.6 Å². The van der Waals surface area contributed by atoms with Gasteiger partial charge in [0.2, 0.25) is 0 Å². The van der Waals surface area contributed by atoms with E-state index in [1.807, 2.05) is 83.1 Å². The monoisotopic (exact) mass is 745 g/mol. The van der Waals surface area contributed by atoms with Gasteiger partial charge in [0.1, 0.15) is 29.5 Å². The molecule has 0 saturated carbocycles. The van der Waals surface area contributed by atoms with Gasteiger partial charge in [0.15, 0.2) is 0 Å². The Morgan fingerprint density at radius 3 is 1.65 bits per heavy atom. The molecule has 7 aromatic rings. The Morgan fingerprint density at radius 2 is 1.04 bits per heavy atom. The predicted molar refractivity (Wildman–Crippen MR) is 246 cm³/mol. The molecule has 0 bridgehead atoms. The zero-order valence-corrected chi connectivity index (χ0v) is 36.9. The first-order valence-electron chi connectivity index (χ1n) is 20.6. The fourth-order valence-corrected chi connectivity index (χ4v) is 6.89. The highest BCUT2D eigenvalue weighted by Crippen LogP contribution is 2.48. The number of aromatic nitrogens is 4. The van der Waals surface area contributed by atoms with E-state index in [2.05, 4.69) is 175 Å². The van der Waals surface area contributed by atoms with Gasteiger partial charge in [0.25, 0.3) is 11.5 Å². The van der Waals surface area contributed by atoms with Crippen LogP contribution in [0.4, 0.5) is 0 Å². The second kappa shape index (κ2) is 26.0. The summed E-state index contributed by atoms with van der Waals surface area (Å²) in [6.07, 6.45) is 6.37. The van der Waals surface area contributed by atoms with E-state index in [4.69, 9.17) is 0 Å². The summed E-state index contributed by atoms with van der Waals surface area (Å²) in [6.45, 7) is 28.4. The van der Waals surface area contributed by atoms with E-state index in [-0.39, 0.29) is 7.43 Å². The molecule has 8 rings (SSSR count). The SMILES string of the molecule is C.CC.CC.CC.CC.CC.CC.Cc1cccc2c1C(c1n(C)cc[n+]1C)c1ccccc1-2.Cc1ccccc1-n1c2ccccc2c2ccc[n+](C)c21. The van der Waals surface area contributed by atoms with E-state index in [0.717, 1.165) is 0 Å². The normalized spacial score (nSPS) is 11.0. The van der Waals surface area contributed by atoms with Crippen molar-refractivity contribution >= 4 is 21.9 Å². The first-order valence-corrected chi connectivity index (χ1v) is 20.6. The molecule has 0 saturated heterocycles. The number of aryl methyl sites for hydroxylation is 5. The van der Waals surface area contributed by atoms with E-state index >= 15 is 0 Å². The van der Waals surface area contributed by atoms with Crippen LogP contribution in [0.2, 0.25) is 0 Å². The largest absolute Gasteiger partial charge is 0.294 e. The van der Waals surface area contributed by atoms with Crippen molar-refractivity contribution < 1.29 is 9.13 Å². The molecule has 1 atom stereocenters. The lowest BCUT2D eigenvalue weighted by Gasteiger charge is -2.13. The molecule has 1 aliphatic rings. The Balaban J connectivity index is 0.000000823. The summed E-state index contributed by atoms with van der Waals surface area (Å²) in [5, 5.41) is 2.59. The molecule has 3 heterocycles. The van der Waals surface area contributed by atoms with Crippen LogP contribution >= 0.6 is 0 Å². The van der Waals surface area contributed by atoms with Crippen molar-refractivity contribution in [1.29, 1.82) is 0 Å². The molecule has 4 nitrogen and oxygen atoms in total. The van der Waals surface area contributed by atoms with Crippen LogP contribution in [0.15, 0.2) is 122 Å². The van der Waals surface area contributed by atoms with Crippen LogP contribution in [0, 0.1) is 13.8 Å². The number of para-hydroxylation sites is 2. The number of hydrogen-bond acceptors (Lipinski definition) is 0. The van der Waals surface area contributed by atoms with Crippen molar-refractivity contribution in [3.63, 3.8) is 0 Å². The maximum Gasteiger partial charge on any atom is 0.294 e. The number of fused-ring (bicyclic) bond motifs is 6. The zero-order chi connectivity index (χ0) is 41.0. The third-order valence-corrected chi connectivity index (χ3v) is 8.82. The number of rotatable bonds is 2. The highest BCUT2D eigenvalue weighted by molar-refractivity contribution is 6.06. The Bertz CT molecular complexity index is 2090. The third kappa shape index (κ3) is 10.6. The van der Waals surface area contributed by atoms with Gasteiger partial charge in [0, 0.05) is 5.39 Å². The van der Waals surface area contributed by atoms with Crippen LogP contribution in [-0.4, -0.2) is 9.13 Å². The summed E-state index contributed by atoms with van der Waals surface area (Å²) in [7, 11) is 6.37. The average Bonchev–Trinajstić information content (AvgIpc) is 3.89. The molecule has 0 N–H and O–H groups in total. The second-order valence-corrected chi connectivity index (χ2v) is 11.4. The standard InChI is InChI=1S/C19H19N2.C19H17N2.6C2H6.CH4/c1-13-7-6-10-15-14-8-4-5-9-16(14)18(17(13)15)19-20(2)11-12-21(19)3;1-14-8-3-5-11-17(14)21-18-12-6-4-9-15(18)16-10-7-13-20(2)19(16)21;6*1-2;/h4-12,18H,1-3H3;3-13H,1-2H3;6*1-2H3;1H4/q2*+1;;;;;;;. The van der Waals surface area contributed by atoms with Gasteiger partial charge in [-0.2, -0.15) is 4.57 Å². The lowest BCUT2D eigenvalue weighted by molar-refractivity contribution is -0.679. The second-order valence-electron chi connectivity index (χ2n) is 11.4. The lowest BCUT2D eigenvalue weighted by atomic mass is 9.92. The molecule has 0 radical (unpaired) electrons. The molecule has 0 fully saturated rings. The number of imidazole rings is 1. The van der Waals surface area contributed by atoms with Crippen molar-refractivity contribution in [2.75, 3.05) is 0 Å². The van der Waals surface area contributed by atoms with Crippen molar-refractivity contribution in [3.05, 3.63) is 150 Å². The van der Waals surface area contributed by atoms with Crippen LogP contribution in [0.3, 0.4) is 0 Å². The van der Waals surface area contributed by atoms with Gasteiger partial charge in [-0.25, -0.2) is 13.7 Å². The van der Waals surface area contributed by atoms with E-state index in [0.29, 0.717) is 5.92 Å². The number of nitrogens with zero attached hydrogens (tertiary/aromatic N) is 4. The minimum absolute atomic E-state index is 0. The summed E-state index contributed by atoms with van der Waals surface area (Å²) < 4.78 is 9.04. The van der Waals surface area contributed by atoms with Gasteiger partial charge in [-0.15, -0.1) is 0 Å². The van der Waals surface area contributed by atoms with Gasteiger partial charge < -0.3 is 0 Å². The summed E-state index contributed by atoms with van der Waals surface area (Å²) in [6, 6.07) is 36.9. The maximum atomic E-state index is 2.36. The van der Waals surface area contributed by atoms with Crippen LogP contribution in [0.1, 0.15) is 125 Å². The molecule has 55 heavy (non-hydrogen) atoms. The lowest BCUT2D eigenvalue weighted by Crippen LogP contribution is -2.34. The highest BCUT2D eigenvalue weighted by atomic mass is 15.1. The zero-order valence-electron chi connectivity index (χ0n) is 36.9. The van der Waals surface area contributed by atoms with Gasteiger partial charge >= 0.3 is 0 Å². The summed E-state index contributed by atoms with van der Waals surface area (Å²) in [4.78, 5) is 0.